The number of pyridine rings is 1. The number of H-pyrrole nitrogens is 1. The lowest BCUT2D eigenvalue weighted by molar-refractivity contribution is -0.148. The van der Waals surface area contributed by atoms with E-state index in [-0.39, 0.29) is 65.3 Å². The molecule has 16 nitrogen and oxygen atoms in total. The highest BCUT2D eigenvalue weighted by Gasteiger charge is 2.56. The van der Waals surface area contributed by atoms with Crippen molar-refractivity contribution < 1.29 is 24.6 Å². The van der Waals surface area contributed by atoms with Crippen LogP contribution in [0, 0.1) is 23.7 Å². The first-order valence-corrected chi connectivity index (χ1v) is 24.3. The molecule has 352 valence electrons. The van der Waals surface area contributed by atoms with Gasteiger partial charge in [0.15, 0.2) is 5.65 Å². The van der Waals surface area contributed by atoms with Gasteiger partial charge in [0, 0.05) is 54.3 Å². The maximum Gasteiger partial charge on any atom is 0.254 e. The number of anilines is 1. The smallest absolute Gasteiger partial charge is 0.254 e. The zero-order valence-electron chi connectivity index (χ0n) is 38.8. The van der Waals surface area contributed by atoms with Gasteiger partial charge in [0.05, 0.1) is 40.5 Å². The second-order valence-electron chi connectivity index (χ2n) is 20.4. The Morgan fingerprint density at radius 3 is 2.37 bits per heavy atom. The average Bonchev–Trinajstić information content (AvgIpc) is 3.92. The Kier molecular flexibility index (Phi) is 11.6. The quantitative estimate of drug-likeness (QED) is 0.105. The van der Waals surface area contributed by atoms with Crippen LogP contribution in [0.2, 0.25) is 0 Å². The summed E-state index contributed by atoms with van der Waals surface area (Å²) in [5, 5.41) is 36.6. The number of thiazole rings is 1. The highest BCUT2D eigenvalue weighted by Crippen LogP contribution is 2.64. The van der Waals surface area contributed by atoms with E-state index in [0.717, 1.165) is 63.9 Å². The Hall–Kier alpha value is -6.59. The van der Waals surface area contributed by atoms with Crippen molar-refractivity contribution in [2.45, 2.75) is 110 Å². The van der Waals surface area contributed by atoms with E-state index in [2.05, 4.69) is 30.8 Å². The number of hydrogen-bond acceptors (Lipinski definition) is 13. The van der Waals surface area contributed by atoms with Gasteiger partial charge in [-0.25, -0.2) is 15.0 Å². The Morgan fingerprint density at radius 2 is 1.68 bits per heavy atom. The second kappa shape index (κ2) is 17.5. The SMILES string of the molecule is Cc1ncsc1-c1ccc([C@H](C)NC(=O)[C@@H]2C[C@@H](O)CN2C(=O)[C@@H](NC(=O)C2CC3(C2)CC(c2cnc(N4CCc5c(c(=O)[nH]c6nnc(-c7ccccc7O)cc56)C4)nc2)C3)C(C)(C)C)cc1. The van der Waals surface area contributed by atoms with E-state index < -0.39 is 23.6 Å². The van der Waals surface area contributed by atoms with Crippen molar-refractivity contribution >= 4 is 46.0 Å². The second-order valence-corrected chi connectivity index (χ2v) is 21.3. The van der Waals surface area contributed by atoms with Crippen LogP contribution in [0.3, 0.4) is 0 Å². The number of carbonyl (C=O) groups excluding carboxylic acids is 3. The van der Waals surface area contributed by atoms with Crippen LogP contribution in [-0.2, 0) is 27.3 Å². The number of likely N-dealkylation sites (tertiary alicyclic amines) is 1. The number of aromatic nitrogens is 6. The summed E-state index contributed by atoms with van der Waals surface area (Å²) in [6, 6.07) is 14.7. The van der Waals surface area contributed by atoms with Crippen LogP contribution >= 0.6 is 11.3 Å². The number of phenols is 1. The predicted octanol–water partition coefficient (Wildman–Crippen LogP) is 6.12. The molecule has 2 aliphatic heterocycles. The van der Waals surface area contributed by atoms with Crippen LogP contribution in [0.25, 0.3) is 32.7 Å². The molecular formula is C51H56N10O6S. The summed E-state index contributed by atoms with van der Waals surface area (Å²) in [5.74, 6) is -0.178. The van der Waals surface area contributed by atoms with Crippen molar-refractivity contribution in [1.82, 2.24) is 45.7 Å². The molecule has 3 fully saturated rings. The molecule has 0 unspecified atom stereocenters. The number of amides is 3. The standard InChI is InChI=1S/C51H56N10O6S/c1-27(29-10-12-30(13-11-29)42-28(2)54-26-68-42)55-47(66)40-16-34(62)24-61(40)48(67)43(50(3,4)5)56-45(64)32-20-51(21-32)18-31(19-51)33-22-52-49(53-23-33)60-15-14-35-37-17-39(36-8-6-7-9-41(36)63)58-59-44(37)57-46(65)38(35)25-60/h6-13,17,22-23,26-27,31-32,34,40,43,62-63H,14-16,18-21,24-25H2,1-5H3,(H,55,66)(H,56,64)(H,57,59,65)/t27-,31?,32?,34+,40-,43+,51?/m0/s1. The lowest BCUT2D eigenvalue weighted by Crippen LogP contribution is -2.60. The molecular weight excluding hydrogens is 881 g/mol. The van der Waals surface area contributed by atoms with E-state index in [1.165, 1.54) is 4.90 Å². The molecule has 2 aliphatic carbocycles. The molecule has 10 rings (SSSR count). The Balaban J connectivity index is 0.731. The number of aromatic amines is 1. The zero-order valence-corrected chi connectivity index (χ0v) is 39.6. The first-order valence-electron chi connectivity index (χ1n) is 23.4. The third-order valence-electron chi connectivity index (χ3n) is 14.7. The fraction of sp³-hybridized carbons (Fsp3) is 0.431. The minimum atomic E-state index is -0.889. The van der Waals surface area contributed by atoms with Gasteiger partial charge in [-0.15, -0.1) is 21.5 Å². The van der Waals surface area contributed by atoms with E-state index in [0.29, 0.717) is 47.9 Å². The lowest BCUT2D eigenvalue weighted by atomic mass is 9.47. The number of benzene rings is 2. The minimum absolute atomic E-state index is 0.0120. The number of nitrogens with one attached hydrogen (secondary N) is 3. The first-order chi connectivity index (χ1) is 32.5. The third-order valence-corrected chi connectivity index (χ3v) is 15.7. The van der Waals surface area contributed by atoms with Gasteiger partial charge in [-0.05, 0) is 103 Å². The molecule has 0 bridgehead atoms. The third kappa shape index (κ3) is 8.50. The molecule has 4 atom stereocenters. The number of rotatable bonds is 10. The minimum Gasteiger partial charge on any atom is -0.507 e. The van der Waals surface area contributed by atoms with Gasteiger partial charge in [-0.2, -0.15) is 0 Å². The normalized spacial score (nSPS) is 23.1. The van der Waals surface area contributed by atoms with Gasteiger partial charge in [0.2, 0.25) is 23.7 Å². The van der Waals surface area contributed by atoms with Crippen molar-refractivity contribution in [3.05, 3.63) is 111 Å². The van der Waals surface area contributed by atoms with Gasteiger partial charge < -0.3 is 35.6 Å². The van der Waals surface area contributed by atoms with E-state index in [4.69, 9.17) is 9.97 Å². The van der Waals surface area contributed by atoms with Crippen molar-refractivity contribution in [2.75, 3.05) is 18.0 Å². The van der Waals surface area contributed by atoms with Crippen molar-refractivity contribution in [3.8, 4) is 27.4 Å². The Bertz CT molecular complexity index is 2970. The summed E-state index contributed by atoms with van der Waals surface area (Å²) in [7, 11) is 0. The van der Waals surface area contributed by atoms with Crippen molar-refractivity contribution in [3.63, 3.8) is 0 Å². The fourth-order valence-corrected chi connectivity index (χ4v) is 11.7. The summed E-state index contributed by atoms with van der Waals surface area (Å²) >= 11 is 1.58. The van der Waals surface area contributed by atoms with E-state index >= 15 is 0 Å². The van der Waals surface area contributed by atoms with Crippen LogP contribution in [-0.4, -0.2) is 94.2 Å². The van der Waals surface area contributed by atoms with E-state index in [1.54, 1.807) is 29.5 Å². The zero-order chi connectivity index (χ0) is 47.6. The highest BCUT2D eigenvalue weighted by molar-refractivity contribution is 7.13. The molecule has 5 N–H and O–H groups in total. The molecule has 17 heteroatoms. The highest BCUT2D eigenvalue weighted by atomic mass is 32.1. The van der Waals surface area contributed by atoms with Crippen LogP contribution in [0.15, 0.2) is 77.3 Å². The Labute approximate surface area is 397 Å². The van der Waals surface area contributed by atoms with Crippen LogP contribution < -0.4 is 21.1 Å². The van der Waals surface area contributed by atoms with Crippen LogP contribution in [0.1, 0.15) is 99.7 Å². The molecule has 0 radical (unpaired) electrons. The van der Waals surface area contributed by atoms with Gasteiger partial charge in [0.1, 0.15) is 17.8 Å². The lowest BCUT2D eigenvalue weighted by Gasteiger charge is -2.57. The van der Waals surface area contributed by atoms with Crippen molar-refractivity contribution in [2.24, 2.45) is 16.7 Å². The average molecular weight is 937 g/mol. The molecule has 4 aliphatic rings. The number of aliphatic hydroxyl groups excluding tert-OH is 1. The number of aliphatic hydroxyl groups is 1. The molecule has 4 aromatic heterocycles. The van der Waals surface area contributed by atoms with Gasteiger partial charge in [0.25, 0.3) is 5.56 Å². The first kappa shape index (κ1) is 45.2. The number of carbonyl (C=O) groups is 3. The van der Waals surface area contributed by atoms with Crippen LogP contribution in [0.5, 0.6) is 5.75 Å². The number of nitrogens with zero attached hydrogens (tertiary/aromatic N) is 7. The summed E-state index contributed by atoms with van der Waals surface area (Å²) in [6.07, 6.45) is 6.89. The molecule has 2 aromatic carbocycles. The maximum atomic E-state index is 14.3. The summed E-state index contributed by atoms with van der Waals surface area (Å²) < 4.78 is 0. The Morgan fingerprint density at radius 1 is 0.941 bits per heavy atom. The molecule has 2 saturated carbocycles. The van der Waals surface area contributed by atoms with Crippen LogP contribution in [0.4, 0.5) is 5.95 Å². The number of aryl methyl sites for hydroxylation is 1. The summed E-state index contributed by atoms with van der Waals surface area (Å²) in [5.41, 5.74) is 8.01. The molecule has 1 saturated heterocycles. The molecule has 68 heavy (non-hydrogen) atoms. The maximum absolute atomic E-state index is 14.3. The largest absolute Gasteiger partial charge is 0.507 e. The molecule has 1 spiro atoms. The number of hydrogen-bond donors (Lipinski definition) is 5. The predicted molar refractivity (Wildman–Crippen MR) is 258 cm³/mol. The van der Waals surface area contributed by atoms with E-state index in [1.807, 2.05) is 93.8 Å². The number of fused-ring (bicyclic) bond motifs is 3. The number of para-hydroxylation sites is 1. The summed E-state index contributed by atoms with van der Waals surface area (Å²) in [4.78, 5) is 76.5. The fourth-order valence-electron chi connectivity index (χ4n) is 10.9. The topological polar surface area (TPSA) is 220 Å². The molecule has 6 heterocycles. The van der Waals surface area contributed by atoms with Gasteiger partial charge >= 0.3 is 0 Å². The summed E-state index contributed by atoms with van der Waals surface area (Å²) in [6.45, 7) is 10.5. The van der Waals surface area contributed by atoms with Crippen molar-refractivity contribution in [1.29, 1.82) is 0 Å². The number of β-amino-alcohol motifs (C(OH)–C–C–N with tert-alkyl or cyclic N) is 1. The molecule has 3 amide bonds. The van der Waals surface area contributed by atoms with E-state index in [9.17, 15) is 29.4 Å². The molecule has 6 aromatic rings. The monoisotopic (exact) mass is 936 g/mol. The number of phenolic OH excluding ortho intramolecular Hbond substituents is 1. The van der Waals surface area contributed by atoms with Gasteiger partial charge in [-0.3, -0.25) is 19.2 Å². The number of aromatic hydroxyl groups is 1. The van der Waals surface area contributed by atoms with Gasteiger partial charge in [-0.1, -0.05) is 57.2 Å².